The van der Waals surface area contributed by atoms with Gasteiger partial charge in [-0.25, -0.2) is 4.98 Å². The number of aromatic nitrogens is 2. The molecule has 0 spiro atoms. The predicted octanol–water partition coefficient (Wildman–Crippen LogP) is 5.39. The normalized spacial score (nSPS) is 16.4. The molecule has 2 aliphatic heterocycles. The SMILES string of the molecule is CCc1cnc(C2=NCC(c3cc(C(C)C)c(N)cc3C)=C2c2ccc3c(c2)CCN(C)C3)[nH]1. The summed E-state index contributed by atoms with van der Waals surface area (Å²) in [6, 6.07) is 11.4. The highest BCUT2D eigenvalue weighted by atomic mass is 15.1. The maximum absolute atomic E-state index is 6.40. The molecule has 0 atom stereocenters. The average molecular weight is 454 g/mol. The summed E-state index contributed by atoms with van der Waals surface area (Å²) in [7, 11) is 2.19. The Kier molecular flexibility index (Phi) is 5.90. The van der Waals surface area contributed by atoms with E-state index >= 15 is 0 Å². The number of aliphatic imine (C=N–C) groups is 1. The van der Waals surface area contributed by atoms with Crippen LogP contribution in [0.5, 0.6) is 0 Å². The van der Waals surface area contributed by atoms with Gasteiger partial charge in [0.1, 0.15) is 5.71 Å². The zero-order valence-electron chi connectivity index (χ0n) is 21.0. The molecule has 0 amide bonds. The lowest BCUT2D eigenvalue weighted by molar-refractivity contribution is 0.313. The number of rotatable bonds is 5. The van der Waals surface area contributed by atoms with Gasteiger partial charge in [0, 0.05) is 36.2 Å². The number of allylic oxidation sites excluding steroid dienone is 1. The van der Waals surface area contributed by atoms with Crippen molar-refractivity contribution in [1.29, 1.82) is 0 Å². The van der Waals surface area contributed by atoms with Crippen LogP contribution < -0.4 is 5.73 Å². The van der Waals surface area contributed by atoms with Crippen LogP contribution in [0.3, 0.4) is 0 Å². The summed E-state index contributed by atoms with van der Waals surface area (Å²) in [6.45, 7) is 11.4. The Morgan fingerprint density at radius 2 is 1.97 bits per heavy atom. The van der Waals surface area contributed by atoms with Gasteiger partial charge in [-0.2, -0.15) is 0 Å². The van der Waals surface area contributed by atoms with E-state index in [0.29, 0.717) is 12.5 Å². The molecule has 176 valence electrons. The lowest BCUT2D eigenvalue weighted by Gasteiger charge is -2.25. The Bertz CT molecular complexity index is 1310. The number of nitrogen functional groups attached to an aromatic ring is 1. The smallest absolute Gasteiger partial charge is 0.156 e. The number of fused-ring (bicyclic) bond motifs is 1. The molecule has 5 nitrogen and oxygen atoms in total. The zero-order valence-corrected chi connectivity index (χ0v) is 21.0. The Morgan fingerprint density at radius 3 is 2.71 bits per heavy atom. The molecule has 3 aromatic rings. The van der Waals surface area contributed by atoms with Crippen molar-refractivity contribution in [2.45, 2.75) is 53.0 Å². The van der Waals surface area contributed by atoms with E-state index in [1.165, 1.54) is 44.5 Å². The number of nitrogens with two attached hydrogens (primary N) is 1. The van der Waals surface area contributed by atoms with Crippen LogP contribution in [0.15, 0.2) is 41.5 Å². The number of benzene rings is 2. The molecule has 2 aliphatic rings. The topological polar surface area (TPSA) is 70.3 Å². The maximum Gasteiger partial charge on any atom is 0.156 e. The maximum atomic E-state index is 6.40. The van der Waals surface area contributed by atoms with Gasteiger partial charge < -0.3 is 15.6 Å². The van der Waals surface area contributed by atoms with Crippen LogP contribution in [0.4, 0.5) is 5.69 Å². The van der Waals surface area contributed by atoms with E-state index in [0.717, 1.165) is 48.8 Å². The summed E-state index contributed by atoms with van der Waals surface area (Å²) in [4.78, 5) is 15.6. The minimum Gasteiger partial charge on any atom is -0.398 e. The molecule has 0 radical (unpaired) electrons. The second-order valence-corrected chi connectivity index (χ2v) is 10.1. The average Bonchev–Trinajstić information content (AvgIpc) is 3.45. The molecule has 0 fully saturated rings. The molecular formula is C29H35N5. The minimum absolute atomic E-state index is 0.364. The molecule has 0 saturated carbocycles. The van der Waals surface area contributed by atoms with Crippen LogP contribution in [-0.4, -0.2) is 40.7 Å². The molecule has 0 unspecified atom stereocenters. The molecular weight excluding hydrogens is 418 g/mol. The lowest BCUT2D eigenvalue weighted by atomic mass is 9.86. The van der Waals surface area contributed by atoms with Crippen molar-refractivity contribution in [1.82, 2.24) is 14.9 Å². The fourth-order valence-corrected chi connectivity index (χ4v) is 5.26. The summed E-state index contributed by atoms with van der Waals surface area (Å²) in [5.74, 6) is 1.22. The van der Waals surface area contributed by atoms with Gasteiger partial charge in [-0.05, 0) is 83.8 Å². The number of anilines is 1. The largest absolute Gasteiger partial charge is 0.398 e. The van der Waals surface area contributed by atoms with Crippen LogP contribution in [0, 0.1) is 6.92 Å². The van der Waals surface area contributed by atoms with Crippen LogP contribution in [0.2, 0.25) is 0 Å². The van der Waals surface area contributed by atoms with Gasteiger partial charge in [0.2, 0.25) is 0 Å². The standard InChI is InChI=1S/C29H35N5/c1-6-22-14-32-29(33-22)28-27(20-7-8-21-16-34(5)10-9-19(21)12-20)25(15-31-28)24-13-23(17(2)3)26(30)11-18(24)4/h7-8,11-14,17H,6,9-10,15-16,30H2,1-5H3,(H,32,33). The molecule has 2 aromatic carbocycles. The first-order valence-electron chi connectivity index (χ1n) is 12.4. The second-order valence-electron chi connectivity index (χ2n) is 10.1. The molecule has 3 heterocycles. The molecule has 5 heteroatoms. The van der Waals surface area contributed by atoms with Crippen molar-refractivity contribution in [2.75, 3.05) is 25.9 Å². The molecule has 34 heavy (non-hydrogen) atoms. The van der Waals surface area contributed by atoms with E-state index in [2.05, 4.69) is 75.0 Å². The number of aryl methyl sites for hydroxylation is 2. The van der Waals surface area contributed by atoms with Crippen LogP contribution in [0.1, 0.15) is 71.6 Å². The fraction of sp³-hybridized carbons (Fsp3) is 0.379. The van der Waals surface area contributed by atoms with Crippen molar-refractivity contribution in [2.24, 2.45) is 4.99 Å². The third-order valence-corrected chi connectivity index (χ3v) is 7.24. The molecule has 1 aromatic heterocycles. The van der Waals surface area contributed by atoms with Gasteiger partial charge in [0.15, 0.2) is 5.82 Å². The van der Waals surface area contributed by atoms with Gasteiger partial charge >= 0.3 is 0 Å². The molecule has 3 N–H and O–H groups in total. The van der Waals surface area contributed by atoms with Crippen molar-refractivity contribution in [3.05, 3.63) is 81.4 Å². The highest BCUT2D eigenvalue weighted by Gasteiger charge is 2.28. The van der Waals surface area contributed by atoms with Gasteiger partial charge in [-0.15, -0.1) is 0 Å². The van der Waals surface area contributed by atoms with E-state index in [-0.39, 0.29) is 0 Å². The lowest BCUT2D eigenvalue weighted by Crippen LogP contribution is -2.26. The van der Waals surface area contributed by atoms with Gasteiger partial charge in [-0.1, -0.05) is 39.0 Å². The first-order chi connectivity index (χ1) is 16.4. The minimum atomic E-state index is 0.364. The van der Waals surface area contributed by atoms with Gasteiger partial charge in [-0.3, -0.25) is 4.99 Å². The molecule has 5 rings (SSSR count). The van der Waals surface area contributed by atoms with Crippen molar-refractivity contribution in [3.8, 4) is 0 Å². The van der Waals surface area contributed by atoms with Gasteiger partial charge in [0.05, 0.1) is 6.54 Å². The molecule has 0 saturated heterocycles. The predicted molar refractivity (Wildman–Crippen MR) is 142 cm³/mol. The highest BCUT2D eigenvalue weighted by Crippen LogP contribution is 2.39. The van der Waals surface area contributed by atoms with E-state index < -0.39 is 0 Å². The Morgan fingerprint density at radius 1 is 1.15 bits per heavy atom. The van der Waals surface area contributed by atoms with Crippen LogP contribution >= 0.6 is 0 Å². The van der Waals surface area contributed by atoms with Crippen molar-refractivity contribution < 1.29 is 0 Å². The van der Waals surface area contributed by atoms with E-state index in [1.807, 2.05) is 6.20 Å². The Labute approximate surface area is 202 Å². The summed E-state index contributed by atoms with van der Waals surface area (Å²) >= 11 is 0. The number of aromatic amines is 1. The van der Waals surface area contributed by atoms with E-state index in [1.54, 1.807) is 0 Å². The highest BCUT2D eigenvalue weighted by molar-refractivity contribution is 6.38. The number of H-pyrrole nitrogens is 1. The van der Waals surface area contributed by atoms with Crippen LogP contribution in [0.25, 0.3) is 11.1 Å². The molecule has 0 aliphatic carbocycles. The van der Waals surface area contributed by atoms with Gasteiger partial charge in [0.25, 0.3) is 0 Å². The number of hydrogen-bond acceptors (Lipinski definition) is 4. The number of hydrogen-bond donors (Lipinski definition) is 2. The first kappa shape index (κ1) is 22.6. The van der Waals surface area contributed by atoms with E-state index in [4.69, 9.17) is 15.7 Å². The van der Waals surface area contributed by atoms with E-state index in [9.17, 15) is 0 Å². The quantitative estimate of drug-likeness (QED) is 0.509. The van der Waals surface area contributed by atoms with Crippen molar-refractivity contribution >= 4 is 22.5 Å². The summed E-state index contributed by atoms with van der Waals surface area (Å²) in [5.41, 5.74) is 19.5. The number of nitrogens with zero attached hydrogens (tertiary/aromatic N) is 3. The zero-order chi connectivity index (χ0) is 24.0. The Hall–Kier alpha value is -3.18. The van der Waals surface area contributed by atoms with Crippen LogP contribution in [-0.2, 0) is 19.4 Å². The third kappa shape index (κ3) is 3.98. The Balaban J connectivity index is 1.70. The summed E-state index contributed by atoms with van der Waals surface area (Å²) in [6.07, 6.45) is 3.93. The molecule has 0 bridgehead atoms. The van der Waals surface area contributed by atoms with Crippen molar-refractivity contribution in [3.63, 3.8) is 0 Å². The summed E-state index contributed by atoms with van der Waals surface area (Å²) < 4.78 is 0. The second kappa shape index (κ2) is 8.88. The fourth-order valence-electron chi connectivity index (χ4n) is 5.26. The third-order valence-electron chi connectivity index (χ3n) is 7.24. The first-order valence-corrected chi connectivity index (χ1v) is 12.4. The summed E-state index contributed by atoms with van der Waals surface area (Å²) in [5, 5.41) is 0. The number of nitrogens with one attached hydrogen (secondary N) is 1. The number of imidazole rings is 1. The number of likely N-dealkylation sites (N-methyl/N-ethyl adjacent to an activating group) is 1. The monoisotopic (exact) mass is 453 g/mol.